The number of nitrogens with zero attached hydrogens (tertiary/aromatic N) is 1. The van der Waals surface area contributed by atoms with E-state index in [0.29, 0.717) is 25.6 Å². The number of aliphatic hydroxyl groups is 1. The minimum absolute atomic E-state index is 0.0788. The zero-order valence-electron chi connectivity index (χ0n) is 25.9. The normalized spacial score (nSPS) is 23.1. The van der Waals surface area contributed by atoms with E-state index in [1.54, 1.807) is 7.11 Å². The number of allylic oxidation sites excluding steroid dienone is 2. The van der Waals surface area contributed by atoms with Crippen LogP contribution in [0, 0.1) is 11.3 Å². The second-order valence-corrected chi connectivity index (χ2v) is 13.6. The largest absolute Gasteiger partial charge is 0.497 e. The highest BCUT2D eigenvalue weighted by Gasteiger charge is 2.48. The van der Waals surface area contributed by atoms with Gasteiger partial charge < -0.3 is 14.6 Å². The van der Waals surface area contributed by atoms with Crippen molar-refractivity contribution in [2.45, 2.75) is 90.0 Å². The standard InChI is InChI=1S/C35H48F3NO3/c1-32(2,35(36,37)38)25-39(22-26-6-10-28(11-7-26)29-12-8-27(23-40)9-13-29)20-18-34(19-21-42-33(3,4)24-34)30-14-16-31(41-5)17-15-30/h6-7,10-12,14-17,27,40H,8-9,13,18-25H2,1-5H3/t27-,34-/m1/s1. The van der Waals surface area contributed by atoms with Gasteiger partial charge in [0.2, 0.25) is 0 Å². The average molecular weight is 588 g/mol. The molecular formula is C35H48F3NO3. The number of rotatable bonds is 11. The maximum Gasteiger partial charge on any atom is 0.395 e. The number of ether oxygens (including phenoxy) is 2. The average Bonchev–Trinajstić information content (AvgIpc) is 2.95. The molecule has 0 amide bonds. The molecule has 42 heavy (non-hydrogen) atoms. The van der Waals surface area contributed by atoms with Crippen LogP contribution in [0.2, 0.25) is 0 Å². The van der Waals surface area contributed by atoms with E-state index in [1.165, 1.54) is 25.0 Å². The van der Waals surface area contributed by atoms with E-state index in [0.717, 1.165) is 55.4 Å². The van der Waals surface area contributed by atoms with Crippen molar-refractivity contribution in [1.29, 1.82) is 0 Å². The van der Waals surface area contributed by atoms with Crippen LogP contribution in [0.4, 0.5) is 13.2 Å². The summed E-state index contributed by atoms with van der Waals surface area (Å²) in [5, 5.41) is 9.44. The Labute approximate surface area is 249 Å². The second-order valence-electron chi connectivity index (χ2n) is 13.6. The molecule has 232 valence electrons. The molecule has 2 aromatic carbocycles. The Kier molecular flexibility index (Phi) is 10.2. The van der Waals surface area contributed by atoms with E-state index in [9.17, 15) is 18.3 Å². The van der Waals surface area contributed by atoms with E-state index >= 15 is 0 Å². The lowest BCUT2D eigenvalue weighted by molar-refractivity contribution is -0.217. The van der Waals surface area contributed by atoms with Crippen LogP contribution in [0.15, 0.2) is 54.6 Å². The number of hydrogen-bond donors (Lipinski definition) is 1. The molecule has 1 fully saturated rings. The molecule has 0 bridgehead atoms. The van der Waals surface area contributed by atoms with Crippen molar-refractivity contribution in [3.8, 4) is 5.75 Å². The van der Waals surface area contributed by atoms with E-state index < -0.39 is 11.6 Å². The number of aliphatic hydroxyl groups excluding tert-OH is 1. The number of hydrogen-bond acceptors (Lipinski definition) is 4. The third-order valence-corrected chi connectivity index (χ3v) is 9.34. The van der Waals surface area contributed by atoms with Crippen molar-refractivity contribution in [3.63, 3.8) is 0 Å². The van der Waals surface area contributed by atoms with Gasteiger partial charge in [0, 0.05) is 31.7 Å². The van der Waals surface area contributed by atoms with Gasteiger partial charge in [0.05, 0.1) is 18.1 Å². The third-order valence-electron chi connectivity index (χ3n) is 9.34. The summed E-state index contributed by atoms with van der Waals surface area (Å²) < 4.78 is 53.7. The van der Waals surface area contributed by atoms with Gasteiger partial charge in [-0.1, -0.05) is 42.5 Å². The van der Waals surface area contributed by atoms with E-state index in [1.807, 2.05) is 17.0 Å². The summed E-state index contributed by atoms with van der Waals surface area (Å²) in [6.07, 6.45) is 3.05. The summed E-state index contributed by atoms with van der Waals surface area (Å²) in [6, 6.07) is 16.4. The summed E-state index contributed by atoms with van der Waals surface area (Å²) >= 11 is 0. The smallest absolute Gasteiger partial charge is 0.395 e. The number of benzene rings is 2. The van der Waals surface area contributed by atoms with Crippen molar-refractivity contribution in [2.24, 2.45) is 11.3 Å². The zero-order chi connectivity index (χ0) is 30.6. The number of halogens is 3. The van der Waals surface area contributed by atoms with E-state index in [-0.39, 0.29) is 24.2 Å². The molecule has 1 N–H and O–H groups in total. The molecule has 7 heteroatoms. The third kappa shape index (κ3) is 7.97. The first-order valence-corrected chi connectivity index (χ1v) is 15.2. The van der Waals surface area contributed by atoms with E-state index in [2.05, 4.69) is 56.3 Å². The first kappa shape index (κ1) is 32.6. The lowest BCUT2D eigenvalue weighted by Gasteiger charge is -2.46. The van der Waals surface area contributed by atoms with Gasteiger partial charge in [-0.25, -0.2) is 0 Å². The van der Waals surface area contributed by atoms with Crippen LogP contribution < -0.4 is 4.74 Å². The molecule has 4 rings (SSSR count). The predicted octanol–water partition coefficient (Wildman–Crippen LogP) is 8.18. The fraction of sp³-hybridized carbons (Fsp3) is 0.600. The maximum atomic E-state index is 14.1. The zero-order valence-corrected chi connectivity index (χ0v) is 25.9. The first-order valence-electron chi connectivity index (χ1n) is 15.2. The summed E-state index contributed by atoms with van der Waals surface area (Å²) in [5.41, 5.74) is 2.25. The van der Waals surface area contributed by atoms with Gasteiger partial charge in [-0.3, -0.25) is 4.90 Å². The summed E-state index contributed by atoms with van der Waals surface area (Å²) in [4.78, 5) is 1.99. The Hall–Kier alpha value is -2.35. The number of methoxy groups -OCH3 is 1. The van der Waals surface area contributed by atoms with Crippen LogP contribution in [0.1, 0.15) is 82.9 Å². The van der Waals surface area contributed by atoms with Gasteiger partial charge in [0.15, 0.2) is 0 Å². The van der Waals surface area contributed by atoms with Crippen LogP contribution in [-0.2, 0) is 16.7 Å². The second kappa shape index (κ2) is 13.1. The Balaban J connectivity index is 1.56. The maximum absolute atomic E-state index is 14.1. The van der Waals surface area contributed by atoms with Crippen LogP contribution in [0.25, 0.3) is 5.57 Å². The summed E-state index contributed by atoms with van der Waals surface area (Å²) in [6.45, 7) is 8.54. The van der Waals surface area contributed by atoms with Crippen LogP contribution in [0.5, 0.6) is 5.75 Å². The fourth-order valence-corrected chi connectivity index (χ4v) is 6.66. The molecule has 0 saturated carbocycles. The Morgan fingerprint density at radius 3 is 2.29 bits per heavy atom. The van der Waals surface area contributed by atoms with Crippen molar-refractivity contribution in [1.82, 2.24) is 4.90 Å². The molecule has 0 unspecified atom stereocenters. The Bertz CT molecular complexity index is 1190. The Morgan fingerprint density at radius 2 is 1.74 bits per heavy atom. The fourth-order valence-electron chi connectivity index (χ4n) is 6.66. The molecule has 1 saturated heterocycles. The minimum atomic E-state index is -4.30. The van der Waals surface area contributed by atoms with Gasteiger partial charge in [0.25, 0.3) is 0 Å². The van der Waals surface area contributed by atoms with Gasteiger partial charge in [-0.05, 0) is 113 Å². The first-order chi connectivity index (χ1) is 19.8. The van der Waals surface area contributed by atoms with Gasteiger partial charge in [-0.15, -0.1) is 0 Å². The molecule has 1 aliphatic heterocycles. The molecule has 1 heterocycles. The van der Waals surface area contributed by atoms with Crippen molar-refractivity contribution < 1.29 is 27.8 Å². The van der Waals surface area contributed by atoms with Crippen LogP contribution in [-0.4, -0.2) is 55.2 Å². The molecule has 0 radical (unpaired) electrons. The monoisotopic (exact) mass is 587 g/mol. The molecular weight excluding hydrogens is 539 g/mol. The molecule has 2 atom stereocenters. The highest BCUT2D eigenvalue weighted by Crippen LogP contribution is 2.45. The van der Waals surface area contributed by atoms with Crippen molar-refractivity contribution >= 4 is 5.57 Å². The minimum Gasteiger partial charge on any atom is -0.497 e. The molecule has 1 aliphatic carbocycles. The molecule has 0 spiro atoms. The quantitative estimate of drug-likeness (QED) is 0.288. The van der Waals surface area contributed by atoms with Gasteiger partial charge in [-0.2, -0.15) is 13.2 Å². The predicted molar refractivity (Wildman–Crippen MR) is 163 cm³/mol. The topological polar surface area (TPSA) is 41.9 Å². The highest BCUT2D eigenvalue weighted by molar-refractivity contribution is 5.66. The Morgan fingerprint density at radius 1 is 1.05 bits per heavy atom. The molecule has 0 aromatic heterocycles. The molecule has 4 nitrogen and oxygen atoms in total. The van der Waals surface area contributed by atoms with Gasteiger partial charge in [0.1, 0.15) is 5.75 Å². The van der Waals surface area contributed by atoms with Crippen LogP contribution in [0.3, 0.4) is 0 Å². The molecule has 2 aliphatic rings. The lowest BCUT2D eigenvalue weighted by Crippen LogP contribution is -2.47. The number of alkyl halides is 3. The summed E-state index contributed by atoms with van der Waals surface area (Å²) in [5.74, 6) is 1.12. The van der Waals surface area contributed by atoms with Crippen LogP contribution >= 0.6 is 0 Å². The highest BCUT2D eigenvalue weighted by atomic mass is 19.4. The lowest BCUT2D eigenvalue weighted by atomic mass is 9.67. The summed E-state index contributed by atoms with van der Waals surface area (Å²) in [7, 11) is 1.65. The SMILES string of the molecule is COc1ccc([C@]2(CCN(Cc3ccc(C4=CC[C@@H](CO)CC4)cc3)CC(C)(C)C(F)(F)F)CCOC(C)(C)C2)cc1. The van der Waals surface area contributed by atoms with Gasteiger partial charge >= 0.3 is 6.18 Å². The van der Waals surface area contributed by atoms with Crippen molar-refractivity contribution in [3.05, 3.63) is 71.3 Å². The van der Waals surface area contributed by atoms with Crippen molar-refractivity contribution in [2.75, 3.05) is 33.4 Å². The van der Waals surface area contributed by atoms with E-state index in [4.69, 9.17) is 9.47 Å². The molecule has 2 aromatic rings.